The lowest BCUT2D eigenvalue weighted by atomic mass is 10.1. The Morgan fingerprint density at radius 2 is 2.00 bits per heavy atom. The normalized spacial score (nSPS) is 14.6. The number of esters is 1. The van der Waals surface area contributed by atoms with Gasteiger partial charge in [-0.15, -0.1) is 0 Å². The number of carbonyl (C=O) groups is 1. The van der Waals surface area contributed by atoms with Crippen molar-refractivity contribution < 1.29 is 28.3 Å². The molecular weight excluding hydrogens is 466 g/mol. The smallest absolute Gasteiger partial charge is 0.362 e. The van der Waals surface area contributed by atoms with Crippen molar-refractivity contribution in [3.05, 3.63) is 46.5 Å². The Hall–Kier alpha value is -1.94. The molecule has 2 rings (SSSR count). The zero-order chi connectivity index (χ0) is 25.9. The van der Waals surface area contributed by atoms with Gasteiger partial charge in [-0.25, -0.2) is 13.7 Å². The first-order valence-corrected chi connectivity index (χ1v) is 12.7. The van der Waals surface area contributed by atoms with E-state index in [1.54, 1.807) is 26.8 Å². The second-order valence-electron chi connectivity index (χ2n) is 9.16. The molecule has 0 radical (unpaired) electrons. The van der Waals surface area contributed by atoms with Gasteiger partial charge in [0.2, 0.25) is 0 Å². The summed E-state index contributed by atoms with van der Waals surface area (Å²) in [6.07, 6.45) is 2.56. The Morgan fingerprint density at radius 1 is 1.33 bits per heavy atom. The standard InChI is InChI=1S/C23H35ClN3O5S/c1-7-8-9-20-25-22(24)19(16-28)26(20)14-17-10-12-18(13-11-17)33(30,31)27(5,23(2,3)4)15-21(29)32-6/h10-13,28H,7-9,14-16H2,1-6H3/q+1/i12D. The van der Waals surface area contributed by atoms with Gasteiger partial charge in [0.25, 0.3) is 0 Å². The number of aromatic nitrogens is 2. The summed E-state index contributed by atoms with van der Waals surface area (Å²) in [5.41, 5.74) is 0.282. The number of sulfonamides is 1. The fourth-order valence-electron chi connectivity index (χ4n) is 3.46. The number of aliphatic hydroxyl groups is 1. The van der Waals surface area contributed by atoms with Crippen LogP contribution < -0.4 is 0 Å². The quantitative estimate of drug-likeness (QED) is 0.395. The third-order valence-electron chi connectivity index (χ3n) is 6.08. The molecule has 1 unspecified atom stereocenters. The summed E-state index contributed by atoms with van der Waals surface area (Å²) in [7, 11) is -1.47. The van der Waals surface area contributed by atoms with Crippen molar-refractivity contribution in [2.24, 2.45) is 0 Å². The van der Waals surface area contributed by atoms with Crippen molar-refractivity contribution in [3.63, 3.8) is 0 Å². The molecule has 10 heteroatoms. The maximum Gasteiger partial charge on any atom is 0.362 e. The minimum Gasteiger partial charge on any atom is -0.465 e. The first-order valence-electron chi connectivity index (χ1n) is 11.3. The molecule has 0 saturated carbocycles. The minimum absolute atomic E-state index is 0.171. The van der Waals surface area contributed by atoms with Gasteiger partial charge in [0.05, 0.1) is 27.8 Å². The van der Waals surface area contributed by atoms with E-state index in [-0.39, 0.29) is 29.2 Å². The number of hydrogen-bond donors (Lipinski definition) is 1. The number of ether oxygens (including phenoxy) is 1. The van der Waals surface area contributed by atoms with Gasteiger partial charge in [-0.3, -0.25) is 0 Å². The third kappa shape index (κ3) is 5.59. The molecule has 0 aliphatic rings. The molecule has 1 atom stereocenters. The summed E-state index contributed by atoms with van der Waals surface area (Å²) in [6.45, 7) is 6.85. The van der Waals surface area contributed by atoms with Gasteiger partial charge >= 0.3 is 16.0 Å². The first-order chi connectivity index (χ1) is 15.7. The summed E-state index contributed by atoms with van der Waals surface area (Å²) in [5.74, 6) is 0.0754. The highest BCUT2D eigenvalue weighted by atomic mass is 35.5. The van der Waals surface area contributed by atoms with Crippen molar-refractivity contribution in [2.45, 2.75) is 70.5 Å². The molecule has 1 aromatic heterocycles. The van der Waals surface area contributed by atoms with Crippen molar-refractivity contribution in [3.8, 4) is 0 Å². The van der Waals surface area contributed by atoms with Crippen LogP contribution in [0.4, 0.5) is 0 Å². The van der Waals surface area contributed by atoms with Gasteiger partial charge < -0.3 is 14.4 Å². The van der Waals surface area contributed by atoms with E-state index in [0.29, 0.717) is 17.7 Å². The second kappa shape index (κ2) is 10.5. The Labute approximate surface area is 203 Å². The summed E-state index contributed by atoms with van der Waals surface area (Å²) < 4.78 is 41.8. The number of imidazole rings is 1. The largest absolute Gasteiger partial charge is 0.465 e. The van der Waals surface area contributed by atoms with E-state index in [2.05, 4.69) is 11.9 Å². The van der Waals surface area contributed by atoms with Crippen LogP contribution >= 0.6 is 11.6 Å². The minimum atomic E-state index is -4.14. The molecule has 1 N–H and O–H groups in total. The molecule has 33 heavy (non-hydrogen) atoms. The van der Waals surface area contributed by atoms with Gasteiger partial charge in [-0.2, -0.15) is 8.42 Å². The number of quaternary nitrogens is 1. The van der Waals surface area contributed by atoms with E-state index in [9.17, 15) is 18.3 Å². The van der Waals surface area contributed by atoms with Crippen LogP contribution in [-0.4, -0.2) is 59.2 Å². The Kier molecular flexibility index (Phi) is 8.21. The highest BCUT2D eigenvalue weighted by molar-refractivity contribution is 7.86. The lowest BCUT2D eigenvalue weighted by Gasteiger charge is -2.42. The number of benzene rings is 1. The monoisotopic (exact) mass is 501 g/mol. The number of likely N-dealkylation sites (N-methyl/N-ethyl adjacent to an activating group) is 1. The summed E-state index contributed by atoms with van der Waals surface area (Å²) in [6, 6.07) is 4.34. The van der Waals surface area contributed by atoms with Gasteiger partial charge in [-0.05, 0) is 44.9 Å². The molecule has 1 aromatic carbocycles. The van der Waals surface area contributed by atoms with E-state index in [0.717, 1.165) is 18.7 Å². The first kappa shape index (κ1) is 25.7. The molecule has 184 valence electrons. The van der Waals surface area contributed by atoms with E-state index in [1.165, 1.54) is 26.3 Å². The summed E-state index contributed by atoms with van der Waals surface area (Å²) >= 11 is 6.21. The van der Waals surface area contributed by atoms with Crippen LogP contribution in [0, 0.1) is 0 Å². The average Bonchev–Trinajstić information content (AvgIpc) is 3.04. The number of aryl methyl sites for hydroxylation is 1. The molecule has 0 fully saturated rings. The van der Waals surface area contributed by atoms with Gasteiger partial charge in [0.1, 0.15) is 16.3 Å². The van der Waals surface area contributed by atoms with Gasteiger partial charge in [-0.1, -0.05) is 37.1 Å². The number of halogens is 1. The predicted molar refractivity (Wildman–Crippen MR) is 127 cm³/mol. The van der Waals surface area contributed by atoms with Crippen LogP contribution in [0.2, 0.25) is 5.15 Å². The number of methoxy groups -OCH3 is 1. The van der Waals surface area contributed by atoms with Crippen LogP contribution in [0.5, 0.6) is 0 Å². The number of unbranched alkanes of at least 4 members (excludes halogenated alkanes) is 1. The Balaban J connectivity index is 2.50. The lowest BCUT2D eigenvalue weighted by molar-refractivity contribution is -0.829. The molecule has 0 aliphatic carbocycles. The van der Waals surface area contributed by atoms with Crippen LogP contribution in [0.25, 0.3) is 0 Å². The highest BCUT2D eigenvalue weighted by Crippen LogP contribution is 2.32. The van der Waals surface area contributed by atoms with Crippen molar-refractivity contribution >= 4 is 27.6 Å². The van der Waals surface area contributed by atoms with Crippen molar-refractivity contribution in [2.75, 3.05) is 20.7 Å². The van der Waals surface area contributed by atoms with E-state index >= 15 is 0 Å². The number of rotatable bonds is 10. The Bertz CT molecular complexity index is 1140. The maximum atomic E-state index is 13.7. The molecule has 2 aromatic rings. The number of hydrogen-bond acceptors (Lipinski definition) is 6. The molecule has 0 spiro atoms. The molecular formula is C23H35ClN3O5S+. The van der Waals surface area contributed by atoms with Gasteiger partial charge in [0.15, 0.2) is 11.7 Å². The molecule has 0 saturated heterocycles. The topological polar surface area (TPSA) is 98.5 Å². The van der Waals surface area contributed by atoms with Crippen molar-refractivity contribution in [1.29, 1.82) is 0 Å². The van der Waals surface area contributed by atoms with Crippen LogP contribution in [0.1, 0.15) is 59.0 Å². The summed E-state index contributed by atoms with van der Waals surface area (Å²) in [4.78, 5) is 16.3. The fraction of sp³-hybridized carbons (Fsp3) is 0.565. The Morgan fingerprint density at radius 3 is 2.52 bits per heavy atom. The number of nitrogens with zero attached hydrogens (tertiary/aromatic N) is 3. The molecule has 0 bridgehead atoms. The van der Waals surface area contributed by atoms with Gasteiger partial charge in [0, 0.05) is 13.0 Å². The molecule has 0 aliphatic heterocycles. The maximum absolute atomic E-state index is 13.7. The van der Waals surface area contributed by atoms with Crippen LogP contribution in [0.3, 0.4) is 0 Å². The molecule has 1 heterocycles. The zero-order valence-corrected chi connectivity index (χ0v) is 21.8. The number of aliphatic hydroxyl groups excluding tert-OH is 1. The summed E-state index contributed by atoms with van der Waals surface area (Å²) in [5, 5.41) is 10.0. The average molecular weight is 502 g/mol. The van der Waals surface area contributed by atoms with Crippen LogP contribution in [0.15, 0.2) is 29.1 Å². The SMILES string of the molecule is [2H]c1cc(Cn2c(CCCC)nc(Cl)c2CO)ccc1S(=O)(=O)[N+](C)(CC(=O)OC)C(C)(C)C. The third-order valence-corrected chi connectivity index (χ3v) is 8.93. The van der Waals surface area contributed by atoms with E-state index in [4.69, 9.17) is 17.7 Å². The fourth-order valence-corrected chi connectivity index (χ4v) is 5.60. The number of carbonyl (C=O) groups excluding carboxylic acids is 1. The van der Waals surface area contributed by atoms with E-state index in [1.807, 2.05) is 4.57 Å². The lowest BCUT2D eigenvalue weighted by Crippen LogP contribution is -2.62. The molecule has 8 nitrogen and oxygen atoms in total. The van der Waals surface area contributed by atoms with Crippen LogP contribution in [-0.2, 0) is 39.1 Å². The zero-order valence-electron chi connectivity index (χ0n) is 21.2. The molecule has 0 amide bonds. The van der Waals surface area contributed by atoms with Crippen molar-refractivity contribution in [1.82, 2.24) is 9.55 Å². The second-order valence-corrected chi connectivity index (χ2v) is 11.7. The predicted octanol–water partition coefficient (Wildman–Crippen LogP) is 3.53. The highest BCUT2D eigenvalue weighted by Gasteiger charge is 2.50. The van der Waals surface area contributed by atoms with E-state index < -0.39 is 32.0 Å².